The summed E-state index contributed by atoms with van der Waals surface area (Å²) in [5.41, 5.74) is -6.69. The van der Waals surface area contributed by atoms with Gasteiger partial charge in [-0.3, -0.25) is 0 Å². The van der Waals surface area contributed by atoms with Crippen LogP contribution in [0.3, 0.4) is 0 Å². The number of fused-ring (bicyclic) bond motifs is 2. The van der Waals surface area contributed by atoms with E-state index in [0.717, 1.165) is 29.8 Å². The first-order valence-corrected chi connectivity index (χ1v) is 18.6. The summed E-state index contributed by atoms with van der Waals surface area (Å²) in [7, 11) is 0. The predicted molar refractivity (Wildman–Crippen MR) is 227 cm³/mol. The van der Waals surface area contributed by atoms with Gasteiger partial charge >= 0.3 is 12.5 Å². The molecule has 0 amide bonds. The fourth-order valence-electron chi connectivity index (χ4n) is 8.13. The molecule has 15 heteroatoms. The smallest absolute Gasteiger partial charge is 0.406 e. The minimum Gasteiger partial charge on any atom is -0.406 e. The van der Waals surface area contributed by atoms with E-state index in [1.807, 2.05) is 24.3 Å². The second kappa shape index (κ2) is 16.3. The van der Waals surface area contributed by atoms with Gasteiger partial charge in [-0.1, -0.05) is 54.1 Å². The van der Waals surface area contributed by atoms with Gasteiger partial charge in [0.25, 0.3) is 0 Å². The first-order valence-electron chi connectivity index (χ1n) is 18.6. The third-order valence-electron chi connectivity index (χ3n) is 10.6. The van der Waals surface area contributed by atoms with Gasteiger partial charge in [0, 0.05) is 27.8 Å². The van der Waals surface area contributed by atoms with Crippen molar-refractivity contribution in [1.82, 2.24) is 0 Å². The summed E-state index contributed by atoms with van der Waals surface area (Å²) in [5, 5.41) is 41.8. The van der Waals surface area contributed by atoms with Crippen molar-refractivity contribution in [2.45, 2.75) is 26.4 Å². The fourth-order valence-corrected chi connectivity index (χ4v) is 8.13. The first kappa shape index (κ1) is 43.4. The molecule has 0 radical (unpaired) electrons. The Hall–Kier alpha value is -9.64. The number of ether oxygens (including phenoxy) is 1. The second-order valence-electron chi connectivity index (χ2n) is 14.3. The average molecular weight is 863 g/mol. The number of nitriles is 4. The molecule has 5 aromatic carbocycles. The minimum absolute atomic E-state index is 0.0741. The second-order valence-corrected chi connectivity index (χ2v) is 14.3. The van der Waals surface area contributed by atoms with Gasteiger partial charge in [-0.2, -0.15) is 34.2 Å². The van der Waals surface area contributed by atoms with E-state index < -0.39 is 57.4 Å². The molecular weight excluding hydrogens is 843 g/mol. The van der Waals surface area contributed by atoms with Crippen molar-refractivity contribution in [3.63, 3.8) is 0 Å². The van der Waals surface area contributed by atoms with Gasteiger partial charge in [-0.15, -0.1) is 13.2 Å². The molecule has 0 aliphatic heterocycles. The molecule has 7 rings (SSSR count). The predicted octanol–water partition coefficient (Wildman–Crippen LogP) is 13.5. The average Bonchev–Trinajstić information content (AvgIpc) is 3.79. The maximum absolute atomic E-state index is 16.5. The lowest BCUT2D eigenvalue weighted by atomic mass is 9.81. The number of halogens is 6. The van der Waals surface area contributed by atoms with Crippen molar-refractivity contribution in [3.8, 4) is 30.0 Å². The van der Waals surface area contributed by atoms with Gasteiger partial charge in [0.1, 0.15) is 17.9 Å². The van der Waals surface area contributed by atoms with Gasteiger partial charge in [-0.05, 0) is 106 Å². The van der Waals surface area contributed by atoms with Crippen LogP contribution in [0.5, 0.6) is 5.75 Å². The molecule has 5 aromatic rings. The number of allylic oxidation sites excluding steroid dienone is 6. The monoisotopic (exact) mass is 862 g/mol. The molecule has 0 bridgehead atoms. The van der Waals surface area contributed by atoms with Crippen LogP contribution < -0.4 is 4.74 Å². The molecular formula is C50H20F6N8O. The molecule has 0 saturated carbocycles. The number of benzene rings is 5. The normalized spacial score (nSPS) is 14.3. The van der Waals surface area contributed by atoms with E-state index >= 15 is 13.2 Å². The highest BCUT2D eigenvalue weighted by molar-refractivity contribution is 6.35. The molecule has 2 aliphatic carbocycles. The van der Waals surface area contributed by atoms with E-state index in [0.29, 0.717) is 0 Å². The van der Waals surface area contributed by atoms with Crippen LogP contribution in [0.15, 0.2) is 84.9 Å². The zero-order valence-electron chi connectivity index (χ0n) is 33.3. The molecule has 0 atom stereocenters. The standard InChI is InChI=1S/C50H20F6N8O/c1-25-7-9-30(10-8-25)41-45(47(63-5)32-16-28(22-58)18-34(20-32)62-4)44-39(48(41)64-6)26(2)38-42(36(23-59)31-15-27(21-57)17-33(19-31)61-3)40(37(24-60)43(38)46(44)49(51,52)53)29-11-13-35(14-12-29)65-50(54,55)56/h7-20H,1-2H3/b42-36+,47-45+. The lowest BCUT2D eigenvalue weighted by Gasteiger charge is -2.24. The van der Waals surface area contributed by atoms with E-state index in [9.17, 15) is 34.2 Å². The lowest BCUT2D eigenvalue weighted by Crippen LogP contribution is -2.17. The molecule has 2 aliphatic rings. The summed E-state index contributed by atoms with van der Waals surface area (Å²) >= 11 is 0. The zero-order chi connectivity index (χ0) is 47.1. The first-order chi connectivity index (χ1) is 31.0. The highest BCUT2D eigenvalue weighted by Gasteiger charge is 2.49. The number of hydrogen-bond donors (Lipinski definition) is 0. The topological polar surface area (TPSA) is 122 Å². The molecule has 9 nitrogen and oxygen atoms in total. The molecule has 0 heterocycles. The minimum atomic E-state index is -5.43. The molecule has 0 N–H and O–H groups in total. The largest absolute Gasteiger partial charge is 0.573 e. The summed E-state index contributed by atoms with van der Waals surface area (Å²) in [4.78, 5) is 14.2. The van der Waals surface area contributed by atoms with Crippen LogP contribution in [-0.2, 0) is 6.18 Å². The van der Waals surface area contributed by atoms with Gasteiger partial charge in [0.05, 0.1) is 55.1 Å². The molecule has 0 unspecified atom stereocenters. The van der Waals surface area contributed by atoms with Crippen LogP contribution in [0.2, 0.25) is 0 Å². The Kier molecular flexibility index (Phi) is 10.9. The fraction of sp³-hybridized carbons (Fsp3) is 0.0800. The summed E-state index contributed by atoms with van der Waals surface area (Å²) in [6.07, 6.45) is -10.6. The van der Waals surface area contributed by atoms with Crippen molar-refractivity contribution in [2.75, 3.05) is 0 Å². The van der Waals surface area contributed by atoms with Crippen LogP contribution in [0.25, 0.3) is 64.2 Å². The SMILES string of the molecule is [C-]#[N+]C1=C(c2ccc(C)cc2)/C(=C(\[N+]#[C-])c2cc(C#N)cc([N+]#[C-])c2)c2c1c(C)c1c(c2C(F)(F)F)C(C#N)=C(c2ccc(OC(F)(F)F)cc2)/C1=C(\C#N)c1cc(C#N)cc([N+]#[C-])c1. The summed E-state index contributed by atoms with van der Waals surface area (Å²) < 4.78 is 93.3. The van der Waals surface area contributed by atoms with Crippen LogP contribution in [0, 0.1) is 85.5 Å². The van der Waals surface area contributed by atoms with Crippen LogP contribution in [-0.4, -0.2) is 6.36 Å². The zero-order valence-corrected chi connectivity index (χ0v) is 33.3. The van der Waals surface area contributed by atoms with Gasteiger partial charge in [0.15, 0.2) is 17.1 Å². The maximum Gasteiger partial charge on any atom is 0.573 e. The Labute approximate surface area is 366 Å². The van der Waals surface area contributed by atoms with E-state index in [1.165, 1.54) is 43.3 Å². The third-order valence-corrected chi connectivity index (χ3v) is 10.6. The van der Waals surface area contributed by atoms with Crippen LogP contribution in [0.1, 0.15) is 72.3 Å². The Morgan fingerprint density at radius 3 is 1.65 bits per heavy atom. The van der Waals surface area contributed by atoms with E-state index in [1.54, 1.807) is 31.2 Å². The molecule has 0 fully saturated rings. The summed E-state index contributed by atoms with van der Waals surface area (Å²) in [6, 6.07) is 25.2. The quantitative estimate of drug-likeness (QED) is 0.0989. The van der Waals surface area contributed by atoms with Crippen molar-refractivity contribution in [1.29, 1.82) is 21.0 Å². The molecule has 0 saturated heterocycles. The number of nitrogens with zero attached hydrogens (tertiary/aromatic N) is 8. The number of hydrogen-bond acceptors (Lipinski definition) is 5. The summed E-state index contributed by atoms with van der Waals surface area (Å²) in [6.45, 7) is 35.4. The van der Waals surface area contributed by atoms with Crippen molar-refractivity contribution < 1.29 is 31.1 Å². The van der Waals surface area contributed by atoms with Gasteiger partial charge in [-0.25, -0.2) is 19.4 Å². The van der Waals surface area contributed by atoms with Gasteiger partial charge in [0.2, 0.25) is 5.70 Å². The van der Waals surface area contributed by atoms with Gasteiger partial charge < -0.3 is 4.74 Å². The summed E-state index contributed by atoms with van der Waals surface area (Å²) in [5.74, 6) is -0.713. The molecule has 0 spiro atoms. The van der Waals surface area contributed by atoms with Crippen LogP contribution in [0.4, 0.5) is 37.7 Å². The van der Waals surface area contributed by atoms with E-state index in [4.69, 9.17) is 26.3 Å². The van der Waals surface area contributed by atoms with Crippen molar-refractivity contribution in [2.24, 2.45) is 0 Å². The van der Waals surface area contributed by atoms with Crippen LogP contribution >= 0.6 is 0 Å². The Balaban J connectivity index is 1.77. The van der Waals surface area contributed by atoms with Crippen molar-refractivity contribution >= 4 is 56.2 Å². The molecule has 0 aromatic heterocycles. The molecule has 308 valence electrons. The highest BCUT2D eigenvalue weighted by atomic mass is 19.4. The Morgan fingerprint density at radius 1 is 0.600 bits per heavy atom. The number of rotatable bonds is 5. The number of alkyl halides is 6. The number of aryl methyl sites for hydroxylation is 1. The van der Waals surface area contributed by atoms with E-state index in [2.05, 4.69) is 24.1 Å². The van der Waals surface area contributed by atoms with Crippen molar-refractivity contribution in [3.05, 3.63) is 203 Å². The molecule has 65 heavy (non-hydrogen) atoms. The van der Waals surface area contributed by atoms with E-state index in [-0.39, 0.29) is 83.9 Å². The maximum atomic E-state index is 16.5. The highest BCUT2D eigenvalue weighted by Crippen LogP contribution is 2.62. The Morgan fingerprint density at radius 2 is 1.15 bits per heavy atom. The lowest BCUT2D eigenvalue weighted by molar-refractivity contribution is -0.274. The third kappa shape index (κ3) is 7.46. The Bertz CT molecular complexity index is 3390.